The highest BCUT2D eigenvalue weighted by Gasteiger charge is 2.16. The minimum absolute atomic E-state index is 0.0300. The standard InChI is InChI=1S/C15H13ClN2O4/c1-9(19)10-3-2-4-12(7-10)17-15(20)11-5-6-13(16)14(8-11)18(21)22/h2-9,19H,1H3,(H,17,20). The number of carbonyl (C=O) groups is 1. The molecular formula is C15H13ClN2O4. The zero-order chi connectivity index (χ0) is 16.3. The summed E-state index contributed by atoms with van der Waals surface area (Å²) < 4.78 is 0. The van der Waals surface area contributed by atoms with Crippen molar-refractivity contribution in [1.29, 1.82) is 0 Å². The fourth-order valence-electron chi connectivity index (χ4n) is 1.87. The van der Waals surface area contributed by atoms with E-state index >= 15 is 0 Å². The summed E-state index contributed by atoms with van der Waals surface area (Å²) in [6, 6.07) is 10.6. The predicted molar refractivity (Wildman–Crippen MR) is 83.1 cm³/mol. The molecule has 0 bridgehead atoms. The van der Waals surface area contributed by atoms with E-state index in [0.717, 1.165) is 6.07 Å². The molecule has 2 rings (SSSR count). The molecule has 114 valence electrons. The third-order valence-corrected chi connectivity index (χ3v) is 3.35. The molecule has 0 saturated heterocycles. The number of hydrogen-bond donors (Lipinski definition) is 2. The number of benzene rings is 2. The molecule has 1 unspecified atom stereocenters. The number of nitrogens with zero attached hydrogens (tertiary/aromatic N) is 1. The van der Waals surface area contributed by atoms with Crippen LogP contribution < -0.4 is 5.32 Å². The molecule has 0 radical (unpaired) electrons. The zero-order valence-electron chi connectivity index (χ0n) is 11.6. The number of carbonyl (C=O) groups excluding carboxylic acids is 1. The molecule has 2 N–H and O–H groups in total. The van der Waals surface area contributed by atoms with Crippen LogP contribution in [0.25, 0.3) is 0 Å². The van der Waals surface area contributed by atoms with Gasteiger partial charge in [0.15, 0.2) is 0 Å². The quantitative estimate of drug-likeness (QED) is 0.665. The highest BCUT2D eigenvalue weighted by molar-refractivity contribution is 6.32. The van der Waals surface area contributed by atoms with Crippen molar-refractivity contribution in [2.24, 2.45) is 0 Å². The molecule has 1 amide bonds. The number of hydrogen-bond acceptors (Lipinski definition) is 4. The molecule has 2 aromatic rings. The van der Waals surface area contributed by atoms with E-state index in [9.17, 15) is 20.0 Å². The summed E-state index contributed by atoms with van der Waals surface area (Å²) in [5.41, 5.74) is 0.937. The Morgan fingerprint density at radius 1 is 1.32 bits per heavy atom. The van der Waals surface area contributed by atoms with Gasteiger partial charge in [-0.25, -0.2) is 0 Å². The molecule has 0 aromatic heterocycles. The Morgan fingerprint density at radius 3 is 2.68 bits per heavy atom. The molecule has 0 saturated carbocycles. The third kappa shape index (κ3) is 3.60. The van der Waals surface area contributed by atoms with E-state index in [4.69, 9.17) is 11.6 Å². The largest absolute Gasteiger partial charge is 0.389 e. The van der Waals surface area contributed by atoms with Crippen molar-refractivity contribution >= 4 is 28.9 Å². The predicted octanol–water partition coefficient (Wildman–Crippen LogP) is 3.55. The van der Waals surface area contributed by atoms with E-state index < -0.39 is 16.9 Å². The normalized spacial score (nSPS) is 11.8. The van der Waals surface area contributed by atoms with E-state index in [2.05, 4.69) is 5.32 Å². The van der Waals surface area contributed by atoms with E-state index in [1.165, 1.54) is 12.1 Å². The number of amides is 1. The lowest BCUT2D eigenvalue weighted by Gasteiger charge is -2.09. The second-order valence-corrected chi connectivity index (χ2v) is 5.09. The maximum Gasteiger partial charge on any atom is 0.288 e. The number of aliphatic hydroxyl groups excluding tert-OH is 1. The molecular weight excluding hydrogens is 308 g/mol. The van der Waals surface area contributed by atoms with Gasteiger partial charge in [-0.15, -0.1) is 0 Å². The number of rotatable bonds is 4. The van der Waals surface area contributed by atoms with Crippen molar-refractivity contribution < 1.29 is 14.8 Å². The van der Waals surface area contributed by atoms with Gasteiger partial charge in [-0.2, -0.15) is 0 Å². The molecule has 0 aliphatic heterocycles. The van der Waals surface area contributed by atoms with Crippen LogP contribution in [0.3, 0.4) is 0 Å². The SMILES string of the molecule is CC(O)c1cccc(NC(=O)c2ccc(Cl)c([N+](=O)[O-])c2)c1. The molecule has 7 heteroatoms. The number of nitrogens with one attached hydrogen (secondary N) is 1. The molecule has 2 aromatic carbocycles. The topological polar surface area (TPSA) is 92.5 Å². The summed E-state index contributed by atoms with van der Waals surface area (Å²) in [5.74, 6) is -0.498. The van der Waals surface area contributed by atoms with Gasteiger partial charge in [-0.05, 0) is 36.8 Å². The second kappa shape index (κ2) is 6.55. The van der Waals surface area contributed by atoms with Gasteiger partial charge in [0.25, 0.3) is 11.6 Å². The van der Waals surface area contributed by atoms with E-state index in [1.54, 1.807) is 31.2 Å². The Morgan fingerprint density at radius 2 is 2.05 bits per heavy atom. The van der Waals surface area contributed by atoms with Crippen molar-refractivity contribution in [1.82, 2.24) is 0 Å². The van der Waals surface area contributed by atoms with Crippen LogP contribution in [0.2, 0.25) is 5.02 Å². The lowest BCUT2D eigenvalue weighted by atomic mass is 10.1. The third-order valence-electron chi connectivity index (χ3n) is 3.03. The number of nitro groups is 1. The molecule has 0 spiro atoms. The van der Waals surface area contributed by atoms with Gasteiger partial charge in [-0.1, -0.05) is 23.7 Å². The van der Waals surface area contributed by atoms with Crippen LogP contribution in [0.5, 0.6) is 0 Å². The van der Waals surface area contributed by atoms with Gasteiger partial charge < -0.3 is 10.4 Å². The van der Waals surface area contributed by atoms with Crippen LogP contribution in [-0.2, 0) is 0 Å². The Labute approximate surface area is 131 Å². The van der Waals surface area contributed by atoms with Crippen LogP contribution in [-0.4, -0.2) is 15.9 Å². The average Bonchev–Trinajstić information content (AvgIpc) is 2.47. The lowest BCUT2D eigenvalue weighted by Crippen LogP contribution is -2.12. The lowest BCUT2D eigenvalue weighted by molar-refractivity contribution is -0.384. The van der Waals surface area contributed by atoms with Crippen molar-refractivity contribution in [2.75, 3.05) is 5.32 Å². The summed E-state index contributed by atoms with van der Waals surface area (Å²) >= 11 is 5.71. The first-order valence-electron chi connectivity index (χ1n) is 6.42. The monoisotopic (exact) mass is 320 g/mol. The van der Waals surface area contributed by atoms with E-state index in [-0.39, 0.29) is 16.3 Å². The highest BCUT2D eigenvalue weighted by Crippen LogP contribution is 2.25. The summed E-state index contributed by atoms with van der Waals surface area (Å²) in [6.07, 6.45) is -0.659. The van der Waals surface area contributed by atoms with Gasteiger partial charge in [0.2, 0.25) is 0 Å². The van der Waals surface area contributed by atoms with Crippen LogP contribution in [0.4, 0.5) is 11.4 Å². The maximum atomic E-state index is 12.1. The van der Waals surface area contributed by atoms with Crippen molar-refractivity contribution in [2.45, 2.75) is 13.0 Å². The number of anilines is 1. The molecule has 0 fully saturated rings. The van der Waals surface area contributed by atoms with Gasteiger partial charge in [-0.3, -0.25) is 14.9 Å². The molecule has 1 atom stereocenters. The Bertz CT molecular complexity index is 731. The molecule has 22 heavy (non-hydrogen) atoms. The molecule has 0 heterocycles. The average molecular weight is 321 g/mol. The Kier molecular flexibility index (Phi) is 4.75. The summed E-state index contributed by atoms with van der Waals surface area (Å²) in [7, 11) is 0. The zero-order valence-corrected chi connectivity index (χ0v) is 12.4. The first-order chi connectivity index (χ1) is 10.4. The maximum absolute atomic E-state index is 12.1. The molecule has 0 aliphatic carbocycles. The van der Waals surface area contributed by atoms with Crippen LogP contribution in [0.1, 0.15) is 28.9 Å². The second-order valence-electron chi connectivity index (χ2n) is 4.68. The molecule has 6 nitrogen and oxygen atoms in total. The van der Waals surface area contributed by atoms with Crippen molar-refractivity contribution in [3.05, 3.63) is 68.7 Å². The minimum Gasteiger partial charge on any atom is -0.389 e. The summed E-state index contributed by atoms with van der Waals surface area (Å²) in [6.45, 7) is 1.61. The fraction of sp³-hybridized carbons (Fsp3) is 0.133. The molecule has 0 aliphatic rings. The minimum atomic E-state index is -0.659. The Hall–Kier alpha value is -2.44. The van der Waals surface area contributed by atoms with Crippen LogP contribution in [0, 0.1) is 10.1 Å². The highest BCUT2D eigenvalue weighted by atomic mass is 35.5. The fourth-order valence-corrected chi connectivity index (χ4v) is 2.06. The van der Waals surface area contributed by atoms with Crippen LogP contribution in [0.15, 0.2) is 42.5 Å². The number of nitro benzene ring substituents is 1. The van der Waals surface area contributed by atoms with E-state index in [1.807, 2.05) is 0 Å². The first-order valence-corrected chi connectivity index (χ1v) is 6.79. The Balaban J connectivity index is 2.24. The van der Waals surface area contributed by atoms with E-state index in [0.29, 0.717) is 11.3 Å². The summed E-state index contributed by atoms with van der Waals surface area (Å²) in [5, 5.41) is 23.0. The van der Waals surface area contributed by atoms with Crippen molar-refractivity contribution in [3.8, 4) is 0 Å². The summed E-state index contributed by atoms with van der Waals surface area (Å²) in [4.78, 5) is 22.3. The first kappa shape index (κ1) is 15.9. The van der Waals surface area contributed by atoms with Crippen molar-refractivity contribution in [3.63, 3.8) is 0 Å². The smallest absolute Gasteiger partial charge is 0.288 e. The van der Waals surface area contributed by atoms with Gasteiger partial charge in [0, 0.05) is 17.3 Å². The number of halogens is 1. The van der Waals surface area contributed by atoms with Gasteiger partial charge >= 0.3 is 0 Å². The van der Waals surface area contributed by atoms with Gasteiger partial charge in [0.1, 0.15) is 5.02 Å². The number of aliphatic hydroxyl groups is 1. The van der Waals surface area contributed by atoms with Crippen LogP contribution >= 0.6 is 11.6 Å². The van der Waals surface area contributed by atoms with Gasteiger partial charge in [0.05, 0.1) is 11.0 Å².